The van der Waals surface area contributed by atoms with Crippen molar-refractivity contribution in [2.24, 2.45) is 0 Å². The van der Waals surface area contributed by atoms with E-state index in [4.69, 9.17) is 13.9 Å². The molecule has 1 aromatic carbocycles. The Morgan fingerprint density at radius 1 is 0.972 bits per heavy atom. The van der Waals surface area contributed by atoms with Gasteiger partial charge in [0.25, 0.3) is 0 Å². The Kier molecular flexibility index (Phi) is 7.92. The SMILES string of the molecule is CC(Sc1nnc(-c2ccoc2)n1C(=O)OC(C)(C)C)C(=O)N(C(=O)OC(C)(C)C)c1ccccc1. The molecule has 0 saturated carbocycles. The summed E-state index contributed by atoms with van der Waals surface area (Å²) in [7, 11) is 0. The third kappa shape index (κ3) is 6.75. The second-order valence-electron chi connectivity index (χ2n) is 9.88. The summed E-state index contributed by atoms with van der Waals surface area (Å²) in [5.41, 5.74) is -0.716. The van der Waals surface area contributed by atoms with Gasteiger partial charge in [-0.25, -0.2) is 19.1 Å². The number of carbonyl (C=O) groups excluding carboxylic acids is 3. The summed E-state index contributed by atoms with van der Waals surface area (Å²) >= 11 is 0.968. The van der Waals surface area contributed by atoms with Crippen LogP contribution in [0.15, 0.2) is 58.5 Å². The molecule has 2 amide bonds. The van der Waals surface area contributed by atoms with Gasteiger partial charge in [-0.2, -0.15) is 0 Å². The number of nitrogens with zero attached hydrogens (tertiary/aromatic N) is 4. The van der Waals surface area contributed by atoms with Gasteiger partial charge in [0.15, 0.2) is 5.82 Å². The van der Waals surface area contributed by atoms with Crippen LogP contribution in [-0.4, -0.2) is 49.3 Å². The van der Waals surface area contributed by atoms with Crippen molar-refractivity contribution in [1.82, 2.24) is 14.8 Å². The molecule has 3 rings (SSSR count). The Balaban J connectivity index is 1.95. The van der Waals surface area contributed by atoms with Gasteiger partial charge in [-0.05, 0) is 66.7 Å². The molecule has 0 aliphatic heterocycles. The highest BCUT2D eigenvalue weighted by molar-refractivity contribution is 8.00. The highest BCUT2D eigenvalue weighted by Gasteiger charge is 2.34. The van der Waals surface area contributed by atoms with Crippen LogP contribution in [0.25, 0.3) is 11.4 Å². The third-order valence-electron chi connectivity index (χ3n) is 4.43. The quantitative estimate of drug-likeness (QED) is 0.391. The lowest BCUT2D eigenvalue weighted by atomic mass is 10.2. The Morgan fingerprint density at radius 2 is 1.61 bits per heavy atom. The molecule has 0 aliphatic carbocycles. The van der Waals surface area contributed by atoms with Crippen molar-refractivity contribution in [3.8, 4) is 11.4 Å². The van der Waals surface area contributed by atoms with Crippen LogP contribution in [-0.2, 0) is 14.3 Å². The van der Waals surface area contributed by atoms with E-state index in [1.165, 1.54) is 17.1 Å². The molecule has 0 radical (unpaired) electrons. The number of thioether (sulfide) groups is 1. The Morgan fingerprint density at radius 3 is 2.17 bits per heavy atom. The normalized spacial score (nSPS) is 12.6. The minimum atomic E-state index is -0.847. The first-order chi connectivity index (χ1) is 16.8. The molecule has 3 aromatic rings. The molecule has 0 saturated heterocycles. The minimum Gasteiger partial charge on any atom is -0.472 e. The molecular formula is C25H30N4O6S. The van der Waals surface area contributed by atoms with Crippen LogP contribution in [0, 0.1) is 0 Å². The smallest absolute Gasteiger partial charge is 0.422 e. The van der Waals surface area contributed by atoms with Crippen LogP contribution in [0.2, 0.25) is 0 Å². The number of para-hydroxylation sites is 1. The van der Waals surface area contributed by atoms with Crippen molar-refractivity contribution in [2.75, 3.05) is 4.90 Å². The summed E-state index contributed by atoms with van der Waals surface area (Å²) in [5, 5.41) is 7.53. The van der Waals surface area contributed by atoms with Crippen LogP contribution in [0.5, 0.6) is 0 Å². The maximum atomic E-state index is 13.5. The summed E-state index contributed by atoms with van der Waals surface area (Å²) < 4.78 is 17.3. The summed E-state index contributed by atoms with van der Waals surface area (Å²) in [5.74, 6) is -0.351. The standard InChI is InChI=1S/C25H30N4O6S/c1-16(20(30)28(18-11-9-8-10-12-18)22(31)34-24(2,3)4)36-21-27-26-19(17-13-14-33-15-17)29(21)23(32)35-25(5,6)7/h8-16H,1-7H3. The van der Waals surface area contributed by atoms with Gasteiger partial charge in [-0.3, -0.25) is 4.79 Å². The van der Waals surface area contributed by atoms with Gasteiger partial charge in [0.2, 0.25) is 11.1 Å². The van der Waals surface area contributed by atoms with Crippen LogP contribution in [0.3, 0.4) is 0 Å². The summed E-state index contributed by atoms with van der Waals surface area (Å²) in [6.45, 7) is 12.0. The second kappa shape index (κ2) is 10.6. The van der Waals surface area contributed by atoms with Gasteiger partial charge >= 0.3 is 12.2 Å². The lowest BCUT2D eigenvalue weighted by Crippen LogP contribution is -2.44. The van der Waals surface area contributed by atoms with E-state index >= 15 is 0 Å². The molecule has 2 aromatic heterocycles. The van der Waals surface area contributed by atoms with E-state index in [1.54, 1.807) is 84.9 Å². The largest absolute Gasteiger partial charge is 0.472 e. The van der Waals surface area contributed by atoms with E-state index in [1.807, 2.05) is 0 Å². The Bertz CT molecular complexity index is 1210. The number of aromatic nitrogens is 3. The molecular weight excluding hydrogens is 484 g/mol. The summed E-state index contributed by atoms with van der Waals surface area (Å²) in [6, 6.07) is 10.1. The van der Waals surface area contributed by atoms with Crippen molar-refractivity contribution in [1.29, 1.82) is 0 Å². The van der Waals surface area contributed by atoms with Crippen molar-refractivity contribution in [2.45, 2.75) is 70.1 Å². The molecule has 192 valence electrons. The number of hydrogen-bond donors (Lipinski definition) is 0. The highest BCUT2D eigenvalue weighted by Crippen LogP contribution is 2.30. The van der Waals surface area contributed by atoms with E-state index in [9.17, 15) is 14.4 Å². The molecule has 1 unspecified atom stereocenters. The number of hydrogen-bond acceptors (Lipinski definition) is 9. The first kappa shape index (κ1) is 27.0. The van der Waals surface area contributed by atoms with Gasteiger partial charge in [0.1, 0.15) is 17.5 Å². The zero-order valence-electron chi connectivity index (χ0n) is 21.3. The molecule has 0 aliphatic rings. The zero-order valence-corrected chi connectivity index (χ0v) is 22.2. The van der Waals surface area contributed by atoms with E-state index in [0.29, 0.717) is 11.3 Å². The van der Waals surface area contributed by atoms with Gasteiger partial charge in [0, 0.05) is 0 Å². The highest BCUT2D eigenvalue weighted by atomic mass is 32.2. The van der Waals surface area contributed by atoms with Crippen molar-refractivity contribution in [3.05, 3.63) is 48.9 Å². The fourth-order valence-corrected chi connectivity index (χ4v) is 3.87. The first-order valence-corrected chi connectivity index (χ1v) is 12.1. The number of carbonyl (C=O) groups is 3. The predicted molar refractivity (Wildman–Crippen MR) is 135 cm³/mol. The van der Waals surface area contributed by atoms with Crippen molar-refractivity contribution in [3.63, 3.8) is 0 Å². The van der Waals surface area contributed by atoms with Crippen LogP contribution < -0.4 is 4.90 Å². The number of rotatable bonds is 5. The minimum absolute atomic E-state index is 0.124. The van der Waals surface area contributed by atoms with E-state index < -0.39 is 34.5 Å². The molecule has 10 nitrogen and oxygen atoms in total. The van der Waals surface area contributed by atoms with Gasteiger partial charge < -0.3 is 13.9 Å². The number of furan rings is 1. The fraction of sp³-hybridized carbons (Fsp3) is 0.400. The van der Waals surface area contributed by atoms with Crippen LogP contribution >= 0.6 is 11.8 Å². The van der Waals surface area contributed by atoms with E-state index in [0.717, 1.165) is 16.7 Å². The molecule has 0 fully saturated rings. The average molecular weight is 515 g/mol. The molecule has 0 bridgehead atoms. The zero-order chi connectivity index (χ0) is 26.7. The van der Waals surface area contributed by atoms with Crippen molar-refractivity contribution >= 4 is 35.5 Å². The topological polar surface area (TPSA) is 117 Å². The van der Waals surface area contributed by atoms with Gasteiger partial charge in [-0.15, -0.1) is 10.2 Å². The molecule has 0 N–H and O–H groups in total. The van der Waals surface area contributed by atoms with Gasteiger partial charge in [-0.1, -0.05) is 30.0 Å². The average Bonchev–Trinajstić information content (AvgIpc) is 3.41. The first-order valence-electron chi connectivity index (χ1n) is 11.3. The third-order valence-corrected chi connectivity index (χ3v) is 5.46. The van der Waals surface area contributed by atoms with Crippen molar-refractivity contribution < 1.29 is 28.3 Å². The summed E-state index contributed by atoms with van der Waals surface area (Å²) in [6.07, 6.45) is 1.35. The number of ether oxygens (including phenoxy) is 2. The molecule has 36 heavy (non-hydrogen) atoms. The number of benzene rings is 1. The fourth-order valence-electron chi connectivity index (χ4n) is 2.99. The van der Waals surface area contributed by atoms with E-state index in [-0.39, 0.29) is 11.0 Å². The van der Waals surface area contributed by atoms with Crippen LogP contribution in [0.1, 0.15) is 48.5 Å². The Labute approximate surface area is 214 Å². The van der Waals surface area contributed by atoms with Crippen LogP contribution in [0.4, 0.5) is 15.3 Å². The van der Waals surface area contributed by atoms with Gasteiger partial charge in [0.05, 0.1) is 22.8 Å². The lowest BCUT2D eigenvalue weighted by molar-refractivity contribution is -0.117. The Hall–Kier alpha value is -3.60. The maximum Gasteiger partial charge on any atom is 0.422 e. The second-order valence-corrected chi connectivity index (χ2v) is 11.2. The molecule has 2 heterocycles. The van der Waals surface area contributed by atoms with E-state index in [2.05, 4.69) is 10.2 Å². The molecule has 1 atom stereocenters. The summed E-state index contributed by atoms with van der Waals surface area (Å²) in [4.78, 5) is 40.6. The number of anilines is 1. The number of amides is 2. The molecule has 11 heteroatoms. The number of imide groups is 1. The lowest BCUT2D eigenvalue weighted by Gasteiger charge is -2.27. The monoisotopic (exact) mass is 514 g/mol. The molecule has 0 spiro atoms. The predicted octanol–water partition coefficient (Wildman–Crippen LogP) is 5.77. The maximum absolute atomic E-state index is 13.5.